The fourth-order valence-corrected chi connectivity index (χ4v) is 2.82. The number of benzene rings is 1. The molecule has 3 rings (SSSR count). The highest BCUT2D eigenvalue weighted by Gasteiger charge is 2.61. The Hall–Kier alpha value is -2.68. The summed E-state index contributed by atoms with van der Waals surface area (Å²) >= 11 is 0. The second-order valence-electron chi connectivity index (χ2n) is 6.22. The molecule has 1 aromatic carbocycles. The van der Waals surface area contributed by atoms with E-state index in [-0.39, 0.29) is 10.6 Å². The van der Waals surface area contributed by atoms with Crippen molar-refractivity contribution in [3.05, 3.63) is 52.8 Å². The van der Waals surface area contributed by atoms with E-state index >= 15 is 0 Å². The Morgan fingerprint density at radius 2 is 2.04 bits per heavy atom. The largest absolute Gasteiger partial charge is 0.438 e. The number of aliphatic hydroxyl groups is 1. The number of hydrogen-bond acceptors (Lipinski definition) is 4. The molecule has 0 saturated carbocycles. The van der Waals surface area contributed by atoms with Gasteiger partial charge in [-0.3, -0.25) is 9.48 Å². The number of hydrazone groups is 1. The van der Waals surface area contributed by atoms with E-state index < -0.39 is 24.2 Å². The molecule has 1 atom stereocenters. The number of rotatable bonds is 3. The Morgan fingerprint density at radius 1 is 1.31 bits per heavy atom. The topological polar surface area (TPSA) is 70.7 Å². The average Bonchev–Trinajstić information content (AvgIpc) is 3.10. The molecule has 9 heteroatoms. The first-order valence-electron chi connectivity index (χ1n) is 7.88. The number of hydrogen-bond donors (Lipinski definition) is 1. The molecule has 1 unspecified atom stereocenters. The number of nitrogens with zero attached hydrogens (tertiary/aromatic N) is 4. The lowest BCUT2D eigenvalue weighted by Gasteiger charge is -2.32. The number of amides is 1. The Bertz CT molecular complexity index is 875. The summed E-state index contributed by atoms with van der Waals surface area (Å²) in [5, 5.41) is 17.8. The zero-order chi connectivity index (χ0) is 19.1. The third-order valence-electron chi connectivity index (χ3n) is 4.18. The van der Waals surface area contributed by atoms with Crippen molar-refractivity contribution in [3.8, 4) is 0 Å². The summed E-state index contributed by atoms with van der Waals surface area (Å²) in [4.78, 5) is 12.5. The minimum absolute atomic E-state index is 0.00533. The molecule has 0 radical (unpaired) electrons. The van der Waals surface area contributed by atoms with Crippen molar-refractivity contribution in [2.24, 2.45) is 5.10 Å². The van der Waals surface area contributed by atoms with E-state index in [1.54, 1.807) is 16.8 Å². The standard InChI is InChI=1S/C17H17F3N4O2/c1-11-8-12(2)23(22-11)10-13-4-3-5-14(9-13)15(25)24-16(26,6-7-21-24)17(18,19)20/h3-5,7-9,26H,6,10H2,1-2H3. The number of carbonyl (C=O) groups is 1. The van der Waals surface area contributed by atoms with E-state index in [2.05, 4.69) is 10.2 Å². The third kappa shape index (κ3) is 3.10. The smallest absolute Gasteiger partial charge is 0.362 e. The van der Waals surface area contributed by atoms with Crippen LogP contribution in [0, 0.1) is 13.8 Å². The first-order valence-corrected chi connectivity index (χ1v) is 7.88. The van der Waals surface area contributed by atoms with Crippen molar-refractivity contribution in [1.29, 1.82) is 0 Å². The van der Waals surface area contributed by atoms with E-state index in [0.29, 0.717) is 12.1 Å². The summed E-state index contributed by atoms with van der Waals surface area (Å²) < 4.78 is 41.2. The van der Waals surface area contributed by atoms with E-state index in [9.17, 15) is 23.1 Å². The lowest BCUT2D eigenvalue weighted by molar-refractivity contribution is -0.297. The fraction of sp³-hybridized carbons (Fsp3) is 0.353. The van der Waals surface area contributed by atoms with Crippen LogP contribution in [0.25, 0.3) is 0 Å². The molecule has 1 N–H and O–H groups in total. The predicted molar refractivity (Wildman–Crippen MR) is 87.5 cm³/mol. The minimum Gasteiger partial charge on any atom is -0.362 e. The van der Waals surface area contributed by atoms with Gasteiger partial charge in [0.15, 0.2) is 0 Å². The first kappa shape index (κ1) is 18.1. The number of aromatic nitrogens is 2. The van der Waals surface area contributed by atoms with Gasteiger partial charge < -0.3 is 5.11 Å². The van der Waals surface area contributed by atoms with E-state index in [4.69, 9.17) is 0 Å². The van der Waals surface area contributed by atoms with Gasteiger partial charge in [0.25, 0.3) is 11.6 Å². The molecule has 0 bridgehead atoms. The number of carbonyl (C=O) groups excluding carboxylic acids is 1. The third-order valence-corrected chi connectivity index (χ3v) is 4.18. The monoisotopic (exact) mass is 366 g/mol. The van der Waals surface area contributed by atoms with Crippen molar-refractivity contribution < 1.29 is 23.1 Å². The Labute approximate surface area is 147 Å². The van der Waals surface area contributed by atoms with Gasteiger partial charge in [0.1, 0.15) is 0 Å². The lowest BCUT2D eigenvalue weighted by atomic mass is 10.1. The maximum atomic E-state index is 13.1. The van der Waals surface area contributed by atoms with Crippen LogP contribution in [0.15, 0.2) is 35.4 Å². The van der Waals surface area contributed by atoms with Crippen LogP contribution in [0.4, 0.5) is 13.2 Å². The van der Waals surface area contributed by atoms with Gasteiger partial charge in [-0.1, -0.05) is 12.1 Å². The van der Waals surface area contributed by atoms with Crippen LogP contribution < -0.4 is 0 Å². The highest BCUT2D eigenvalue weighted by Crippen LogP contribution is 2.39. The van der Waals surface area contributed by atoms with Crippen LogP contribution in [0.3, 0.4) is 0 Å². The molecule has 0 saturated heterocycles. The van der Waals surface area contributed by atoms with Gasteiger partial charge in [-0.15, -0.1) is 0 Å². The average molecular weight is 366 g/mol. The molecule has 1 aliphatic heterocycles. The van der Waals surface area contributed by atoms with E-state index in [1.807, 2.05) is 19.9 Å². The molecule has 1 aromatic heterocycles. The Morgan fingerprint density at radius 3 is 2.65 bits per heavy atom. The van der Waals surface area contributed by atoms with Crippen LogP contribution in [-0.2, 0) is 6.54 Å². The van der Waals surface area contributed by atoms with Gasteiger partial charge in [0.2, 0.25) is 0 Å². The summed E-state index contributed by atoms with van der Waals surface area (Å²) in [6.45, 7) is 4.11. The molecule has 1 amide bonds. The predicted octanol–water partition coefficient (Wildman–Crippen LogP) is 2.63. The highest BCUT2D eigenvalue weighted by molar-refractivity contribution is 5.96. The van der Waals surface area contributed by atoms with Crippen molar-refractivity contribution in [3.63, 3.8) is 0 Å². The highest BCUT2D eigenvalue weighted by atomic mass is 19.4. The molecule has 1 aliphatic rings. The fourth-order valence-electron chi connectivity index (χ4n) is 2.82. The maximum Gasteiger partial charge on any atom is 0.438 e. The van der Waals surface area contributed by atoms with Gasteiger partial charge in [-0.2, -0.15) is 28.4 Å². The summed E-state index contributed by atoms with van der Waals surface area (Å²) in [6.07, 6.45) is -4.93. The Balaban J connectivity index is 1.87. The van der Waals surface area contributed by atoms with Crippen molar-refractivity contribution >= 4 is 12.1 Å². The van der Waals surface area contributed by atoms with Crippen molar-refractivity contribution in [1.82, 2.24) is 14.8 Å². The van der Waals surface area contributed by atoms with Crippen LogP contribution in [0.1, 0.15) is 33.7 Å². The molecular formula is C17H17F3N4O2. The van der Waals surface area contributed by atoms with Gasteiger partial charge in [-0.05, 0) is 37.6 Å². The lowest BCUT2D eigenvalue weighted by Crippen LogP contribution is -2.56. The maximum absolute atomic E-state index is 13.1. The van der Waals surface area contributed by atoms with Gasteiger partial charge >= 0.3 is 6.18 Å². The van der Waals surface area contributed by atoms with Crippen LogP contribution in [0.2, 0.25) is 0 Å². The van der Waals surface area contributed by atoms with Gasteiger partial charge in [0.05, 0.1) is 12.2 Å². The van der Waals surface area contributed by atoms with E-state index in [0.717, 1.165) is 17.6 Å². The van der Waals surface area contributed by atoms with Crippen LogP contribution >= 0.6 is 0 Å². The number of alkyl halides is 3. The SMILES string of the molecule is Cc1cc(C)n(Cc2cccc(C(=O)N3N=CCC3(O)C(F)(F)F)c2)n1. The van der Waals surface area contributed by atoms with Gasteiger partial charge in [0, 0.05) is 23.9 Å². The summed E-state index contributed by atoms with van der Waals surface area (Å²) in [7, 11) is 0. The van der Waals surface area contributed by atoms with Crippen LogP contribution in [0.5, 0.6) is 0 Å². The molecule has 2 heterocycles. The second-order valence-corrected chi connectivity index (χ2v) is 6.22. The Kier molecular flexibility index (Phi) is 4.35. The molecule has 138 valence electrons. The number of halogens is 3. The normalized spacial score (nSPS) is 20.0. The minimum atomic E-state index is -5.01. The van der Waals surface area contributed by atoms with Crippen LogP contribution in [-0.4, -0.2) is 43.9 Å². The van der Waals surface area contributed by atoms with Crippen molar-refractivity contribution in [2.45, 2.75) is 38.7 Å². The molecule has 2 aromatic rings. The molecular weight excluding hydrogens is 349 g/mol. The molecule has 0 fully saturated rings. The van der Waals surface area contributed by atoms with Crippen molar-refractivity contribution in [2.75, 3.05) is 0 Å². The zero-order valence-corrected chi connectivity index (χ0v) is 14.2. The molecule has 26 heavy (non-hydrogen) atoms. The molecule has 0 aliphatic carbocycles. The second kappa shape index (κ2) is 6.24. The summed E-state index contributed by atoms with van der Waals surface area (Å²) in [5.41, 5.74) is -0.854. The number of aryl methyl sites for hydroxylation is 2. The summed E-state index contributed by atoms with van der Waals surface area (Å²) in [5.74, 6) is -1.02. The quantitative estimate of drug-likeness (QED) is 0.908. The molecule has 0 spiro atoms. The first-order chi connectivity index (χ1) is 12.1. The summed E-state index contributed by atoms with van der Waals surface area (Å²) in [6, 6.07) is 8.08. The van der Waals surface area contributed by atoms with Gasteiger partial charge in [-0.25, -0.2) is 0 Å². The molecule has 6 nitrogen and oxygen atoms in total. The zero-order valence-electron chi connectivity index (χ0n) is 14.2. The van der Waals surface area contributed by atoms with E-state index in [1.165, 1.54) is 12.1 Å².